The van der Waals surface area contributed by atoms with E-state index in [-0.39, 0.29) is 17.5 Å². The highest BCUT2D eigenvalue weighted by molar-refractivity contribution is 7.89. The van der Waals surface area contributed by atoms with Crippen molar-refractivity contribution in [3.63, 3.8) is 0 Å². The summed E-state index contributed by atoms with van der Waals surface area (Å²) in [4.78, 5) is 4.72. The maximum absolute atomic E-state index is 13.4. The molecule has 0 saturated carbocycles. The lowest BCUT2D eigenvalue weighted by Crippen LogP contribution is -2.44. The molecular weight excluding hydrogens is 376 g/mol. The number of para-hydroxylation sites is 1. The molecule has 0 aliphatic carbocycles. The molecule has 0 bridgehead atoms. The Labute approximate surface area is 164 Å². The summed E-state index contributed by atoms with van der Waals surface area (Å²) in [5.41, 5.74) is 2.10. The predicted octanol–water partition coefficient (Wildman–Crippen LogP) is 2.87. The average Bonchev–Trinajstić information content (AvgIpc) is 2.69. The highest BCUT2D eigenvalue weighted by Crippen LogP contribution is 2.27. The number of sulfonamides is 1. The molecule has 1 saturated heterocycles. The molecule has 8 heteroatoms. The second-order valence-corrected chi connectivity index (χ2v) is 8.94. The third-order valence-corrected chi connectivity index (χ3v) is 6.74. The van der Waals surface area contributed by atoms with Gasteiger partial charge >= 0.3 is 0 Å². The second-order valence-electron chi connectivity index (χ2n) is 7.04. The zero-order valence-corrected chi connectivity index (χ0v) is 16.7. The van der Waals surface area contributed by atoms with Crippen LogP contribution in [0.2, 0.25) is 0 Å². The second kappa shape index (κ2) is 7.44. The molecule has 7 nitrogen and oxygen atoms in total. The number of nitrogens with zero attached hydrogens (tertiary/aromatic N) is 4. The van der Waals surface area contributed by atoms with Gasteiger partial charge in [-0.15, -0.1) is 5.10 Å². The first-order valence-electron chi connectivity index (χ1n) is 9.27. The molecule has 0 amide bonds. The number of piperidine rings is 1. The van der Waals surface area contributed by atoms with E-state index in [1.165, 1.54) is 4.31 Å². The fourth-order valence-corrected chi connectivity index (χ4v) is 5.07. The number of fused-ring (bicyclic) bond motifs is 1. The van der Waals surface area contributed by atoms with Crippen LogP contribution in [0.15, 0.2) is 47.4 Å². The summed E-state index contributed by atoms with van der Waals surface area (Å²) in [5.74, 6) is 0.414. The zero-order chi connectivity index (χ0) is 19.7. The van der Waals surface area contributed by atoms with Crippen molar-refractivity contribution in [1.82, 2.24) is 19.5 Å². The molecule has 0 spiro atoms. The molecule has 146 valence electrons. The molecule has 1 aromatic carbocycles. The maximum atomic E-state index is 13.4. The van der Waals surface area contributed by atoms with E-state index in [1.54, 1.807) is 18.2 Å². The fourth-order valence-electron chi connectivity index (χ4n) is 3.40. The SMILES string of the molecule is Cc1ccc(OC2CCCN(S(=O)(=O)c3cccc4ccc(C)nc34)C2)nn1. The summed E-state index contributed by atoms with van der Waals surface area (Å²) in [6.45, 7) is 4.45. The molecule has 1 unspecified atom stereocenters. The molecule has 1 fully saturated rings. The first kappa shape index (κ1) is 18.8. The maximum Gasteiger partial charge on any atom is 0.245 e. The zero-order valence-electron chi connectivity index (χ0n) is 15.9. The van der Waals surface area contributed by atoms with Crippen LogP contribution in [0, 0.1) is 13.8 Å². The smallest absolute Gasteiger partial charge is 0.245 e. The first-order chi connectivity index (χ1) is 13.4. The lowest BCUT2D eigenvalue weighted by atomic mass is 10.1. The van der Waals surface area contributed by atoms with E-state index in [9.17, 15) is 8.42 Å². The Bertz CT molecular complexity index is 1100. The van der Waals surface area contributed by atoms with Crippen molar-refractivity contribution in [3.8, 4) is 5.88 Å². The van der Waals surface area contributed by atoms with Crippen LogP contribution in [0.5, 0.6) is 5.88 Å². The van der Waals surface area contributed by atoms with E-state index < -0.39 is 10.0 Å². The molecule has 2 aromatic heterocycles. The van der Waals surface area contributed by atoms with Gasteiger partial charge in [0, 0.05) is 23.7 Å². The number of aryl methyl sites for hydroxylation is 2. The average molecular weight is 398 g/mol. The van der Waals surface area contributed by atoms with Gasteiger partial charge in [0.1, 0.15) is 11.0 Å². The van der Waals surface area contributed by atoms with Crippen molar-refractivity contribution in [2.24, 2.45) is 0 Å². The van der Waals surface area contributed by atoms with Crippen LogP contribution in [0.25, 0.3) is 10.9 Å². The lowest BCUT2D eigenvalue weighted by molar-refractivity contribution is 0.123. The van der Waals surface area contributed by atoms with Crippen molar-refractivity contribution in [1.29, 1.82) is 0 Å². The normalized spacial score (nSPS) is 18.3. The van der Waals surface area contributed by atoms with Gasteiger partial charge in [-0.25, -0.2) is 8.42 Å². The van der Waals surface area contributed by atoms with E-state index in [0.29, 0.717) is 17.9 Å². The van der Waals surface area contributed by atoms with Gasteiger partial charge in [-0.1, -0.05) is 18.2 Å². The van der Waals surface area contributed by atoms with E-state index in [1.807, 2.05) is 38.1 Å². The van der Waals surface area contributed by atoms with Crippen LogP contribution in [0.3, 0.4) is 0 Å². The minimum absolute atomic E-state index is 0.240. The highest BCUT2D eigenvalue weighted by atomic mass is 32.2. The van der Waals surface area contributed by atoms with E-state index >= 15 is 0 Å². The quantitative estimate of drug-likeness (QED) is 0.672. The molecule has 0 N–H and O–H groups in total. The number of rotatable bonds is 4. The van der Waals surface area contributed by atoms with Gasteiger partial charge < -0.3 is 4.74 Å². The molecule has 28 heavy (non-hydrogen) atoms. The summed E-state index contributed by atoms with van der Waals surface area (Å²) < 4.78 is 34.1. The monoisotopic (exact) mass is 398 g/mol. The van der Waals surface area contributed by atoms with E-state index in [0.717, 1.165) is 29.6 Å². The number of benzene rings is 1. The Morgan fingerprint density at radius 2 is 1.86 bits per heavy atom. The van der Waals surface area contributed by atoms with E-state index in [4.69, 9.17) is 4.74 Å². The summed E-state index contributed by atoms with van der Waals surface area (Å²) in [6, 6.07) is 12.6. The number of ether oxygens (including phenoxy) is 1. The Balaban J connectivity index is 1.61. The van der Waals surface area contributed by atoms with E-state index in [2.05, 4.69) is 15.2 Å². The largest absolute Gasteiger partial charge is 0.472 e. The van der Waals surface area contributed by atoms with Gasteiger partial charge in [0.2, 0.25) is 15.9 Å². The highest BCUT2D eigenvalue weighted by Gasteiger charge is 2.32. The van der Waals surface area contributed by atoms with Crippen molar-refractivity contribution in [2.45, 2.75) is 37.7 Å². The molecule has 3 aromatic rings. The van der Waals surface area contributed by atoms with Crippen molar-refractivity contribution in [2.75, 3.05) is 13.1 Å². The number of pyridine rings is 1. The molecule has 0 radical (unpaired) electrons. The molecule has 1 aliphatic heterocycles. The van der Waals surface area contributed by atoms with Crippen LogP contribution in [0.4, 0.5) is 0 Å². The predicted molar refractivity (Wildman–Crippen MR) is 106 cm³/mol. The fraction of sp³-hybridized carbons (Fsp3) is 0.350. The number of hydrogen-bond donors (Lipinski definition) is 0. The minimum atomic E-state index is -3.68. The Morgan fingerprint density at radius 1 is 1.04 bits per heavy atom. The molecular formula is C20H22N4O3S. The summed E-state index contributed by atoms with van der Waals surface area (Å²) in [5, 5.41) is 8.82. The number of hydrogen-bond acceptors (Lipinski definition) is 6. The topological polar surface area (TPSA) is 85.3 Å². The van der Waals surface area contributed by atoms with Crippen LogP contribution in [-0.2, 0) is 10.0 Å². The van der Waals surface area contributed by atoms with Gasteiger partial charge in [-0.05, 0) is 44.9 Å². The van der Waals surface area contributed by atoms with Crippen molar-refractivity contribution >= 4 is 20.9 Å². The standard InChI is InChI=1S/C20H22N4O3S/c1-14-8-10-16-5-3-7-18(20(16)21-14)28(25,26)24-12-4-6-17(13-24)27-19-11-9-15(2)22-23-19/h3,5,7-11,17H,4,6,12-13H2,1-2H3. The van der Waals surface area contributed by atoms with Crippen molar-refractivity contribution < 1.29 is 13.2 Å². The lowest BCUT2D eigenvalue weighted by Gasteiger charge is -2.31. The van der Waals surface area contributed by atoms with Gasteiger partial charge in [-0.3, -0.25) is 4.98 Å². The van der Waals surface area contributed by atoms with Gasteiger partial charge in [0.25, 0.3) is 0 Å². The third kappa shape index (κ3) is 3.70. The van der Waals surface area contributed by atoms with Gasteiger partial charge in [0.15, 0.2) is 0 Å². The molecule has 4 rings (SSSR count). The van der Waals surface area contributed by atoms with Crippen LogP contribution >= 0.6 is 0 Å². The summed E-state index contributed by atoms with van der Waals surface area (Å²) >= 11 is 0. The molecule has 1 atom stereocenters. The Hall–Kier alpha value is -2.58. The van der Waals surface area contributed by atoms with Crippen LogP contribution in [0.1, 0.15) is 24.2 Å². The Morgan fingerprint density at radius 3 is 2.64 bits per heavy atom. The third-order valence-electron chi connectivity index (χ3n) is 4.84. The summed E-state index contributed by atoms with van der Waals surface area (Å²) in [6.07, 6.45) is 1.24. The van der Waals surface area contributed by atoms with Gasteiger partial charge in [0.05, 0.1) is 17.8 Å². The molecule has 3 heterocycles. The van der Waals surface area contributed by atoms with Crippen LogP contribution in [-0.4, -0.2) is 47.1 Å². The van der Waals surface area contributed by atoms with Gasteiger partial charge in [-0.2, -0.15) is 9.40 Å². The van der Waals surface area contributed by atoms with Crippen LogP contribution < -0.4 is 4.74 Å². The Kier molecular flexibility index (Phi) is 4.99. The molecule has 1 aliphatic rings. The first-order valence-corrected chi connectivity index (χ1v) is 10.7. The number of aromatic nitrogens is 3. The minimum Gasteiger partial charge on any atom is -0.472 e. The van der Waals surface area contributed by atoms with Crippen molar-refractivity contribution in [3.05, 3.63) is 53.9 Å². The summed E-state index contributed by atoms with van der Waals surface area (Å²) in [7, 11) is -3.68.